The van der Waals surface area contributed by atoms with E-state index in [1.54, 1.807) is 12.3 Å². The first kappa shape index (κ1) is 19.4. The number of hydrogen-bond donors (Lipinski definition) is 2. The third-order valence-corrected chi connectivity index (χ3v) is 4.45. The maximum atomic E-state index is 12.3. The number of benzene rings is 2. The van der Waals surface area contributed by atoms with E-state index >= 15 is 0 Å². The summed E-state index contributed by atoms with van der Waals surface area (Å²) >= 11 is 0. The molecule has 5 heteroatoms. The molecule has 3 aromatic rings. The zero-order valence-electron chi connectivity index (χ0n) is 16.4. The van der Waals surface area contributed by atoms with Crippen LogP contribution in [0, 0.1) is 0 Å². The lowest BCUT2D eigenvalue weighted by Crippen LogP contribution is -2.24. The molecule has 1 heterocycles. The molecule has 144 valence electrons. The van der Waals surface area contributed by atoms with Crippen LogP contribution < -0.4 is 15.5 Å². The summed E-state index contributed by atoms with van der Waals surface area (Å²) in [5.74, 6) is 0.612. The van der Waals surface area contributed by atoms with Gasteiger partial charge in [0.05, 0.1) is 5.56 Å². The number of aryl methyl sites for hydroxylation is 1. The standard InChI is InChI=1S/C23H26N4O/c1-27(2)21-13-11-20(12-14-21)26-22-15-10-19(17-25-22)23(28)24-16-6-9-18-7-4-3-5-8-18/h3-5,7-8,10-15,17H,6,9,16H2,1-2H3,(H,24,28)(H,25,26). The van der Waals surface area contributed by atoms with Crippen molar-refractivity contribution < 1.29 is 4.79 Å². The molecule has 0 bridgehead atoms. The normalized spacial score (nSPS) is 10.4. The van der Waals surface area contributed by atoms with Crippen LogP contribution in [0.25, 0.3) is 0 Å². The second kappa shape index (κ2) is 9.55. The van der Waals surface area contributed by atoms with Gasteiger partial charge < -0.3 is 15.5 Å². The van der Waals surface area contributed by atoms with Crippen LogP contribution in [0.1, 0.15) is 22.3 Å². The van der Waals surface area contributed by atoms with Gasteiger partial charge in [-0.2, -0.15) is 0 Å². The molecule has 3 rings (SSSR count). The molecule has 2 aromatic carbocycles. The molecule has 1 aromatic heterocycles. The highest BCUT2D eigenvalue weighted by Crippen LogP contribution is 2.19. The van der Waals surface area contributed by atoms with Crippen molar-refractivity contribution in [2.75, 3.05) is 30.9 Å². The van der Waals surface area contributed by atoms with Gasteiger partial charge in [0.15, 0.2) is 0 Å². The van der Waals surface area contributed by atoms with Crippen molar-refractivity contribution in [1.82, 2.24) is 10.3 Å². The molecule has 0 aliphatic rings. The van der Waals surface area contributed by atoms with Gasteiger partial charge in [-0.1, -0.05) is 30.3 Å². The minimum atomic E-state index is -0.0950. The number of carbonyl (C=O) groups is 1. The Bertz CT molecular complexity index is 875. The fourth-order valence-electron chi connectivity index (χ4n) is 2.83. The summed E-state index contributed by atoms with van der Waals surface area (Å²) in [6, 6.07) is 22.0. The van der Waals surface area contributed by atoms with E-state index in [0.29, 0.717) is 17.9 Å². The summed E-state index contributed by atoms with van der Waals surface area (Å²) in [5, 5.41) is 6.20. The van der Waals surface area contributed by atoms with Gasteiger partial charge in [0.25, 0.3) is 5.91 Å². The molecule has 1 amide bonds. The van der Waals surface area contributed by atoms with Gasteiger partial charge in [-0.05, 0) is 54.8 Å². The second-order valence-corrected chi connectivity index (χ2v) is 6.84. The Balaban J connectivity index is 1.47. The van der Waals surface area contributed by atoms with Crippen LogP contribution in [0.3, 0.4) is 0 Å². The quantitative estimate of drug-likeness (QED) is 0.579. The van der Waals surface area contributed by atoms with Crippen LogP contribution in [-0.2, 0) is 6.42 Å². The summed E-state index contributed by atoms with van der Waals surface area (Å²) in [5.41, 5.74) is 3.94. The summed E-state index contributed by atoms with van der Waals surface area (Å²) in [7, 11) is 4.02. The number of nitrogens with one attached hydrogen (secondary N) is 2. The van der Waals surface area contributed by atoms with Crippen molar-refractivity contribution in [1.29, 1.82) is 0 Å². The summed E-state index contributed by atoms with van der Waals surface area (Å²) in [6.07, 6.45) is 3.46. The Hall–Kier alpha value is -3.34. The summed E-state index contributed by atoms with van der Waals surface area (Å²) < 4.78 is 0. The molecular weight excluding hydrogens is 348 g/mol. The third kappa shape index (κ3) is 5.58. The number of carbonyl (C=O) groups excluding carboxylic acids is 1. The van der Waals surface area contributed by atoms with Crippen LogP contribution in [0.15, 0.2) is 72.9 Å². The second-order valence-electron chi connectivity index (χ2n) is 6.84. The van der Waals surface area contributed by atoms with Gasteiger partial charge in [-0.15, -0.1) is 0 Å². The van der Waals surface area contributed by atoms with E-state index in [-0.39, 0.29) is 5.91 Å². The first-order valence-corrected chi connectivity index (χ1v) is 9.44. The molecule has 0 radical (unpaired) electrons. The molecule has 0 atom stereocenters. The molecule has 0 saturated heterocycles. The molecule has 0 saturated carbocycles. The van der Waals surface area contributed by atoms with E-state index in [4.69, 9.17) is 0 Å². The first-order valence-electron chi connectivity index (χ1n) is 9.44. The van der Waals surface area contributed by atoms with E-state index in [1.807, 2.05) is 62.6 Å². The number of aromatic nitrogens is 1. The maximum absolute atomic E-state index is 12.3. The molecule has 0 spiro atoms. The van der Waals surface area contributed by atoms with Crippen molar-refractivity contribution in [3.63, 3.8) is 0 Å². The van der Waals surface area contributed by atoms with Crippen LogP contribution in [0.4, 0.5) is 17.2 Å². The summed E-state index contributed by atoms with van der Waals surface area (Å²) in [6.45, 7) is 0.645. The Kier molecular flexibility index (Phi) is 6.63. The van der Waals surface area contributed by atoms with Gasteiger partial charge in [-0.25, -0.2) is 4.98 Å². The Morgan fingerprint density at radius 2 is 1.71 bits per heavy atom. The molecule has 0 aliphatic heterocycles. The number of hydrogen-bond acceptors (Lipinski definition) is 4. The topological polar surface area (TPSA) is 57.3 Å². The zero-order chi connectivity index (χ0) is 19.8. The average Bonchev–Trinajstić information content (AvgIpc) is 2.73. The Morgan fingerprint density at radius 1 is 0.964 bits per heavy atom. The monoisotopic (exact) mass is 374 g/mol. The highest BCUT2D eigenvalue weighted by molar-refractivity contribution is 5.94. The van der Waals surface area contributed by atoms with Crippen molar-refractivity contribution in [3.05, 3.63) is 84.1 Å². The number of anilines is 3. The lowest BCUT2D eigenvalue weighted by molar-refractivity contribution is 0.0953. The lowest BCUT2D eigenvalue weighted by Gasteiger charge is -2.13. The van der Waals surface area contributed by atoms with Crippen molar-refractivity contribution >= 4 is 23.1 Å². The van der Waals surface area contributed by atoms with E-state index in [9.17, 15) is 4.79 Å². The molecule has 0 aliphatic carbocycles. The number of nitrogens with zero attached hydrogens (tertiary/aromatic N) is 2. The van der Waals surface area contributed by atoms with Crippen molar-refractivity contribution in [2.45, 2.75) is 12.8 Å². The molecular formula is C23H26N4O. The van der Waals surface area contributed by atoms with Crippen molar-refractivity contribution in [3.8, 4) is 0 Å². The highest BCUT2D eigenvalue weighted by Gasteiger charge is 2.06. The molecule has 0 unspecified atom stereocenters. The molecule has 2 N–H and O–H groups in total. The fourth-order valence-corrected chi connectivity index (χ4v) is 2.83. The first-order chi connectivity index (χ1) is 13.6. The fraction of sp³-hybridized carbons (Fsp3) is 0.217. The molecule has 28 heavy (non-hydrogen) atoms. The number of amides is 1. The van der Waals surface area contributed by atoms with Gasteiger partial charge in [0, 0.05) is 38.2 Å². The van der Waals surface area contributed by atoms with Gasteiger partial charge in [0.1, 0.15) is 5.82 Å². The van der Waals surface area contributed by atoms with Gasteiger partial charge >= 0.3 is 0 Å². The van der Waals surface area contributed by atoms with Crippen LogP contribution >= 0.6 is 0 Å². The minimum Gasteiger partial charge on any atom is -0.378 e. The van der Waals surface area contributed by atoms with E-state index in [0.717, 1.165) is 24.2 Å². The van der Waals surface area contributed by atoms with E-state index in [2.05, 4.69) is 32.7 Å². The average molecular weight is 374 g/mol. The molecule has 5 nitrogen and oxygen atoms in total. The maximum Gasteiger partial charge on any atom is 0.252 e. The smallest absolute Gasteiger partial charge is 0.252 e. The minimum absolute atomic E-state index is 0.0950. The summed E-state index contributed by atoms with van der Waals surface area (Å²) in [4.78, 5) is 18.6. The molecule has 0 fully saturated rings. The number of rotatable bonds is 8. The zero-order valence-corrected chi connectivity index (χ0v) is 16.4. The van der Waals surface area contributed by atoms with E-state index < -0.39 is 0 Å². The lowest BCUT2D eigenvalue weighted by atomic mass is 10.1. The van der Waals surface area contributed by atoms with E-state index in [1.165, 1.54) is 5.56 Å². The van der Waals surface area contributed by atoms with Gasteiger partial charge in [0.2, 0.25) is 0 Å². The van der Waals surface area contributed by atoms with Crippen LogP contribution in [-0.4, -0.2) is 31.5 Å². The predicted molar refractivity (Wildman–Crippen MR) is 115 cm³/mol. The highest BCUT2D eigenvalue weighted by atomic mass is 16.1. The Labute approximate surface area is 166 Å². The number of pyridine rings is 1. The SMILES string of the molecule is CN(C)c1ccc(Nc2ccc(C(=O)NCCCc3ccccc3)cn2)cc1. The largest absolute Gasteiger partial charge is 0.378 e. The van der Waals surface area contributed by atoms with Crippen LogP contribution in [0.2, 0.25) is 0 Å². The third-order valence-electron chi connectivity index (χ3n) is 4.45. The Morgan fingerprint density at radius 3 is 2.36 bits per heavy atom. The van der Waals surface area contributed by atoms with Crippen LogP contribution in [0.5, 0.6) is 0 Å². The van der Waals surface area contributed by atoms with Gasteiger partial charge in [-0.3, -0.25) is 4.79 Å². The predicted octanol–water partition coefficient (Wildman–Crippen LogP) is 4.25. The van der Waals surface area contributed by atoms with Crippen molar-refractivity contribution in [2.24, 2.45) is 0 Å².